The van der Waals surface area contributed by atoms with Crippen LogP contribution in [-0.2, 0) is 39.9 Å². The average Bonchev–Trinajstić information content (AvgIpc) is 2.12. The van der Waals surface area contributed by atoms with E-state index in [1.165, 1.54) is 159 Å². The van der Waals surface area contributed by atoms with Gasteiger partial charge in [0.05, 0.1) is 16.9 Å². The maximum Gasteiger partial charge on any atom is 0.252 e. The first kappa shape index (κ1) is 55.3. The van der Waals surface area contributed by atoms with Gasteiger partial charge in [0.25, 0.3) is 6.71 Å². The Morgan fingerprint density at radius 3 is 1.48 bits per heavy atom. The molecule has 2 unspecified atom stereocenters. The summed E-state index contributed by atoms with van der Waals surface area (Å²) in [4.78, 5) is 8.28. The van der Waals surface area contributed by atoms with Crippen molar-refractivity contribution < 1.29 is 0 Å². The lowest BCUT2D eigenvalue weighted by Crippen LogP contribution is -2.61. The van der Waals surface area contributed by atoms with Crippen molar-refractivity contribution in [1.29, 1.82) is 0 Å². The second-order valence-corrected chi connectivity index (χ2v) is 30.5. The largest absolute Gasteiger partial charge is 0.334 e. The molecule has 0 aromatic heterocycles. The maximum atomic E-state index is 2.81. The minimum absolute atomic E-state index is 0.0169. The summed E-state index contributed by atoms with van der Waals surface area (Å²) in [5.74, 6) is 0. The molecule has 2 aliphatic carbocycles. The molecule has 0 saturated heterocycles. The third-order valence-electron chi connectivity index (χ3n) is 21.0. The summed E-state index contributed by atoms with van der Waals surface area (Å²) >= 11 is 0. The van der Waals surface area contributed by atoms with Gasteiger partial charge in [-0.05, 0) is 193 Å². The third kappa shape index (κ3) is 8.64. The SMILES string of the molecule is Cc1cc2c3c(c1)N(c1ccc(C(C)(C)C)cc1-c1ccccc1)c1c(ccc4c1-c1cc(C(C)(C)C)ccc1CC4)B3c1ccc(N3c4ccc(C(C)(C)C)cc4C4(C)CCCCC34C)cc1N2c1ccc(C(C)(C)C)cc1-c1ccccc1. The van der Waals surface area contributed by atoms with Crippen LogP contribution in [0.1, 0.15) is 167 Å². The molecule has 85 heavy (non-hydrogen) atoms. The van der Waals surface area contributed by atoms with Crippen molar-refractivity contribution in [3.63, 3.8) is 0 Å². The topological polar surface area (TPSA) is 9.72 Å². The number of aryl methyl sites for hydroxylation is 3. The van der Waals surface area contributed by atoms with Crippen molar-refractivity contribution >= 4 is 68.6 Å². The van der Waals surface area contributed by atoms with Crippen LogP contribution in [0.3, 0.4) is 0 Å². The first-order valence-electron chi connectivity index (χ1n) is 31.9. The number of nitrogens with zero attached hydrogens (tertiary/aromatic N) is 3. The van der Waals surface area contributed by atoms with Crippen molar-refractivity contribution in [1.82, 2.24) is 0 Å². The van der Waals surface area contributed by atoms with Gasteiger partial charge in [0, 0.05) is 56.2 Å². The van der Waals surface area contributed by atoms with Crippen LogP contribution >= 0.6 is 0 Å². The normalized spacial score (nSPS) is 18.7. The molecule has 9 aromatic rings. The van der Waals surface area contributed by atoms with E-state index in [4.69, 9.17) is 0 Å². The predicted octanol–water partition coefficient (Wildman–Crippen LogP) is 20.1. The number of hydrogen-bond acceptors (Lipinski definition) is 3. The summed E-state index contributed by atoms with van der Waals surface area (Å²) in [5.41, 5.74) is 32.6. The maximum absolute atomic E-state index is 2.81. The molecule has 5 aliphatic rings. The van der Waals surface area contributed by atoms with Crippen LogP contribution in [0, 0.1) is 6.92 Å². The van der Waals surface area contributed by atoms with E-state index in [1.807, 2.05) is 0 Å². The molecular formula is C81H86BN3. The highest BCUT2D eigenvalue weighted by Gasteiger charge is 2.58. The predicted molar refractivity (Wildman–Crippen MR) is 367 cm³/mol. The minimum Gasteiger partial charge on any atom is -0.334 e. The summed E-state index contributed by atoms with van der Waals surface area (Å²) in [6.07, 6.45) is 6.81. The van der Waals surface area contributed by atoms with Crippen LogP contribution in [0.4, 0.5) is 45.5 Å². The van der Waals surface area contributed by atoms with Gasteiger partial charge in [-0.15, -0.1) is 0 Å². The van der Waals surface area contributed by atoms with Gasteiger partial charge in [-0.2, -0.15) is 0 Å². The molecule has 3 aliphatic heterocycles. The van der Waals surface area contributed by atoms with Crippen molar-refractivity contribution in [3.05, 3.63) is 220 Å². The van der Waals surface area contributed by atoms with Gasteiger partial charge < -0.3 is 14.7 Å². The van der Waals surface area contributed by atoms with E-state index in [0.717, 1.165) is 19.3 Å². The second kappa shape index (κ2) is 19.2. The number of rotatable bonds is 5. The molecular weight excluding hydrogens is 1030 g/mol. The number of anilines is 8. The standard InChI is InChI=1S/C81H86BN3/c1-51-44-71-74-72(45-51)84(68-40-34-58(78(8,9)10)47-62(68)53-26-20-17-21-27-53)75-66(37-31-55-29-28-54-30-32-56(76(2,3)4)48-63(54)73(55)75)82(74)65-38-36-60(85-69-41-35-59(79(11,12)13)49-64(69)80(14)42-22-23-43-81(80,85)15)50-70(65)83(71)67-39-33-57(77(5,6)7)46-61(67)52-24-18-16-19-25-52/h16-21,24-27,30-41,44-50H,22-23,28-29,42-43H2,1-15H3. The summed E-state index contributed by atoms with van der Waals surface area (Å²) in [6.45, 7) is 35.8. The highest BCUT2D eigenvalue weighted by molar-refractivity contribution is 7.00. The van der Waals surface area contributed by atoms with E-state index in [2.05, 4.69) is 294 Å². The van der Waals surface area contributed by atoms with Gasteiger partial charge in [0.15, 0.2) is 0 Å². The van der Waals surface area contributed by atoms with Crippen molar-refractivity contribution in [2.75, 3.05) is 14.7 Å². The average molecular weight is 1110 g/mol. The van der Waals surface area contributed by atoms with E-state index < -0.39 is 0 Å². The first-order chi connectivity index (χ1) is 40.3. The Kier molecular flexibility index (Phi) is 12.5. The van der Waals surface area contributed by atoms with Crippen LogP contribution in [0.5, 0.6) is 0 Å². The quantitative estimate of drug-likeness (QED) is 0.159. The number of hydrogen-bond donors (Lipinski definition) is 0. The van der Waals surface area contributed by atoms with E-state index in [1.54, 1.807) is 0 Å². The summed E-state index contributed by atoms with van der Waals surface area (Å²) < 4.78 is 0. The van der Waals surface area contributed by atoms with Crippen LogP contribution in [0.25, 0.3) is 33.4 Å². The Morgan fingerprint density at radius 2 is 0.894 bits per heavy atom. The lowest BCUT2D eigenvalue weighted by Gasteiger charge is -2.51. The summed E-state index contributed by atoms with van der Waals surface area (Å²) in [6, 6.07) is 70.0. The Bertz CT molecular complexity index is 4180. The molecule has 4 heteroatoms. The number of fused-ring (bicyclic) bond motifs is 11. The van der Waals surface area contributed by atoms with Gasteiger partial charge in [-0.25, -0.2) is 0 Å². The fraction of sp³-hybridized carbons (Fsp3) is 0.333. The molecule has 1 fully saturated rings. The molecule has 2 atom stereocenters. The summed E-state index contributed by atoms with van der Waals surface area (Å²) in [5, 5.41) is 0. The Hall–Kier alpha value is -7.56. The van der Waals surface area contributed by atoms with Gasteiger partial charge in [0.1, 0.15) is 0 Å². The molecule has 3 nitrogen and oxygen atoms in total. The van der Waals surface area contributed by atoms with E-state index in [0.29, 0.717) is 0 Å². The molecule has 0 radical (unpaired) electrons. The zero-order valence-corrected chi connectivity index (χ0v) is 53.4. The highest BCUT2D eigenvalue weighted by Crippen LogP contribution is 2.62. The van der Waals surface area contributed by atoms with Gasteiger partial charge in [0.2, 0.25) is 0 Å². The molecule has 0 bridgehead atoms. The van der Waals surface area contributed by atoms with Crippen LogP contribution in [0.15, 0.2) is 176 Å². The third-order valence-corrected chi connectivity index (χ3v) is 21.0. The lowest BCUT2D eigenvalue weighted by atomic mass is 9.33. The Labute approximate surface area is 509 Å². The van der Waals surface area contributed by atoms with Crippen LogP contribution in [0.2, 0.25) is 0 Å². The van der Waals surface area contributed by atoms with Gasteiger partial charge in [-0.1, -0.05) is 224 Å². The zero-order chi connectivity index (χ0) is 59.5. The summed E-state index contributed by atoms with van der Waals surface area (Å²) in [7, 11) is 0. The monoisotopic (exact) mass is 1110 g/mol. The molecule has 9 aromatic carbocycles. The molecule has 0 amide bonds. The Morgan fingerprint density at radius 1 is 0.412 bits per heavy atom. The second-order valence-electron chi connectivity index (χ2n) is 30.5. The molecule has 428 valence electrons. The number of benzene rings is 9. The van der Waals surface area contributed by atoms with Gasteiger partial charge >= 0.3 is 0 Å². The molecule has 3 heterocycles. The highest BCUT2D eigenvalue weighted by atomic mass is 15.3. The zero-order valence-electron chi connectivity index (χ0n) is 53.4. The molecule has 1 saturated carbocycles. The van der Waals surface area contributed by atoms with Crippen molar-refractivity contribution in [3.8, 4) is 33.4 Å². The first-order valence-corrected chi connectivity index (χ1v) is 31.9. The molecule has 0 spiro atoms. The smallest absolute Gasteiger partial charge is 0.252 e. The van der Waals surface area contributed by atoms with E-state index >= 15 is 0 Å². The molecule has 0 N–H and O–H groups in total. The fourth-order valence-corrected chi connectivity index (χ4v) is 15.9. The van der Waals surface area contributed by atoms with Crippen molar-refractivity contribution in [2.45, 2.75) is 175 Å². The fourth-order valence-electron chi connectivity index (χ4n) is 15.9. The Balaban J connectivity index is 1.11. The minimum atomic E-state index is -0.127. The lowest BCUT2D eigenvalue weighted by molar-refractivity contribution is 0.195. The molecule has 14 rings (SSSR count). The van der Waals surface area contributed by atoms with Gasteiger partial charge in [-0.3, -0.25) is 0 Å². The van der Waals surface area contributed by atoms with Crippen molar-refractivity contribution in [2.24, 2.45) is 0 Å². The van der Waals surface area contributed by atoms with Crippen LogP contribution < -0.4 is 31.1 Å². The van der Waals surface area contributed by atoms with E-state index in [9.17, 15) is 0 Å². The van der Waals surface area contributed by atoms with E-state index in [-0.39, 0.29) is 39.3 Å². The van der Waals surface area contributed by atoms with Crippen LogP contribution in [-0.4, -0.2) is 12.3 Å².